The second kappa shape index (κ2) is 14.0. The molecule has 0 radical (unpaired) electrons. The number of rotatable bonds is 11. The van der Waals surface area contributed by atoms with Gasteiger partial charge in [0, 0.05) is 36.7 Å². The number of para-hydroxylation sites is 1. The highest BCUT2D eigenvalue weighted by Crippen LogP contribution is 2.51. The Morgan fingerprint density at radius 3 is 2.11 bits per heavy atom. The van der Waals surface area contributed by atoms with E-state index < -0.39 is 35.0 Å². The number of methoxy groups -OCH3 is 1. The number of piperidine rings is 1. The third-order valence-corrected chi connectivity index (χ3v) is 8.24. The number of halogens is 3. The number of carbonyl (C=O) groups excluding carboxylic acids is 2. The van der Waals surface area contributed by atoms with E-state index in [1.807, 2.05) is 30.3 Å². The van der Waals surface area contributed by atoms with Gasteiger partial charge in [-0.05, 0) is 31.4 Å². The Balaban J connectivity index is 1.66. The summed E-state index contributed by atoms with van der Waals surface area (Å²) in [5.74, 6) is -2.19. The lowest BCUT2D eigenvalue weighted by molar-refractivity contribution is -0.271. The van der Waals surface area contributed by atoms with Crippen LogP contribution in [0.4, 0.5) is 13.2 Å². The summed E-state index contributed by atoms with van der Waals surface area (Å²) in [5.41, 5.74) is -3.09. The maximum absolute atomic E-state index is 14.6. The summed E-state index contributed by atoms with van der Waals surface area (Å²) < 4.78 is 60.3. The average molecular weight is 609 g/mol. The predicted molar refractivity (Wildman–Crippen MR) is 156 cm³/mol. The van der Waals surface area contributed by atoms with Crippen LogP contribution in [0.15, 0.2) is 84.9 Å². The Bertz CT molecular complexity index is 1450. The molecule has 1 aliphatic heterocycles. The van der Waals surface area contributed by atoms with E-state index in [0.29, 0.717) is 11.3 Å². The van der Waals surface area contributed by atoms with E-state index in [1.165, 1.54) is 24.3 Å². The van der Waals surface area contributed by atoms with Gasteiger partial charge in [0.2, 0.25) is 0 Å². The number of esters is 1. The van der Waals surface area contributed by atoms with Gasteiger partial charge in [-0.3, -0.25) is 9.59 Å². The predicted octanol–water partition coefficient (Wildman–Crippen LogP) is 6.54. The maximum atomic E-state index is 14.6. The highest BCUT2D eigenvalue weighted by molar-refractivity contribution is 5.88. The second-order valence-electron chi connectivity index (χ2n) is 10.8. The lowest BCUT2D eigenvalue weighted by Crippen LogP contribution is -2.59. The second-order valence-corrected chi connectivity index (χ2v) is 10.8. The van der Waals surface area contributed by atoms with E-state index in [-0.39, 0.29) is 51.1 Å². The first-order valence-corrected chi connectivity index (χ1v) is 14.4. The minimum absolute atomic E-state index is 0.0786. The first-order chi connectivity index (χ1) is 21.1. The molecular formula is C34H35F3N2O5. The molecule has 1 amide bonds. The molecule has 7 nitrogen and oxygen atoms in total. The van der Waals surface area contributed by atoms with Crippen molar-refractivity contribution in [3.8, 4) is 11.8 Å². The first-order valence-electron chi connectivity index (χ1n) is 14.4. The standard InChI is InChI=1S/C34H35F3N2O5/c1-3-43-30(40)22-32(28(23-38)27-16-10-11-17-29(27)44-24-25-12-6-4-7-13-25)18-20-39(21-19-32)31(41)33(42-2,34(35,36)37)26-14-8-5-9-15-26/h4-17,28H,3,18-22,24H2,1-2H3/t28-,33+/m0/s1. The van der Waals surface area contributed by atoms with Gasteiger partial charge in [0.25, 0.3) is 11.5 Å². The van der Waals surface area contributed by atoms with Crippen LogP contribution in [0.3, 0.4) is 0 Å². The van der Waals surface area contributed by atoms with Crippen molar-refractivity contribution in [1.29, 1.82) is 5.26 Å². The smallest absolute Gasteiger partial charge is 0.430 e. The number of nitrogens with zero attached hydrogens (tertiary/aromatic N) is 2. The summed E-state index contributed by atoms with van der Waals surface area (Å²) in [6, 6.07) is 25.7. The molecule has 232 valence electrons. The van der Waals surface area contributed by atoms with Crippen LogP contribution >= 0.6 is 0 Å². The molecule has 0 spiro atoms. The number of alkyl halides is 3. The van der Waals surface area contributed by atoms with Gasteiger partial charge in [-0.2, -0.15) is 18.4 Å². The molecule has 2 atom stereocenters. The summed E-state index contributed by atoms with van der Waals surface area (Å²) in [6.07, 6.45) is -5.05. The molecule has 0 N–H and O–H groups in total. The van der Waals surface area contributed by atoms with Gasteiger partial charge in [-0.25, -0.2) is 0 Å². The van der Waals surface area contributed by atoms with E-state index >= 15 is 0 Å². The van der Waals surface area contributed by atoms with E-state index in [0.717, 1.165) is 17.6 Å². The van der Waals surface area contributed by atoms with E-state index in [2.05, 4.69) is 6.07 Å². The van der Waals surface area contributed by atoms with Crippen LogP contribution in [0.5, 0.6) is 5.75 Å². The number of hydrogen-bond donors (Lipinski definition) is 0. The van der Waals surface area contributed by atoms with Gasteiger partial charge in [-0.15, -0.1) is 0 Å². The maximum Gasteiger partial charge on any atom is 0.430 e. The van der Waals surface area contributed by atoms with Gasteiger partial charge < -0.3 is 19.1 Å². The number of carbonyl (C=O) groups is 2. The zero-order valence-electron chi connectivity index (χ0n) is 24.7. The molecule has 0 aliphatic carbocycles. The van der Waals surface area contributed by atoms with Crippen molar-refractivity contribution >= 4 is 11.9 Å². The Morgan fingerprint density at radius 1 is 0.955 bits per heavy atom. The molecule has 3 aromatic carbocycles. The van der Waals surface area contributed by atoms with Crippen LogP contribution in [-0.2, 0) is 31.3 Å². The fraction of sp³-hybridized carbons (Fsp3) is 0.382. The molecule has 4 rings (SSSR count). The van der Waals surface area contributed by atoms with Crippen LogP contribution < -0.4 is 4.74 Å². The Morgan fingerprint density at radius 2 is 1.55 bits per heavy atom. The third-order valence-electron chi connectivity index (χ3n) is 8.24. The summed E-state index contributed by atoms with van der Waals surface area (Å²) in [5, 5.41) is 10.5. The third kappa shape index (κ3) is 6.58. The average Bonchev–Trinajstić information content (AvgIpc) is 3.02. The largest absolute Gasteiger partial charge is 0.489 e. The number of benzene rings is 3. The fourth-order valence-electron chi connectivity index (χ4n) is 5.97. The molecule has 10 heteroatoms. The summed E-state index contributed by atoms with van der Waals surface area (Å²) in [4.78, 5) is 27.7. The molecule has 1 fully saturated rings. The monoisotopic (exact) mass is 608 g/mol. The number of hydrogen-bond acceptors (Lipinski definition) is 6. The SMILES string of the molecule is CCOC(=O)CC1([C@@H](C#N)c2ccccc2OCc2ccccc2)CCN(C(=O)[C@](OC)(c2ccccc2)C(F)(F)F)CC1. The van der Waals surface area contributed by atoms with Crippen molar-refractivity contribution in [1.82, 2.24) is 4.90 Å². The van der Waals surface area contributed by atoms with Crippen LogP contribution in [0, 0.1) is 16.7 Å². The zero-order chi connectivity index (χ0) is 31.8. The number of ether oxygens (including phenoxy) is 3. The molecule has 3 aromatic rings. The molecule has 0 unspecified atom stereocenters. The molecule has 0 bridgehead atoms. The molecule has 0 aromatic heterocycles. The number of nitriles is 1. The fourth-order valence-corrected chi connectivity index (χ4v) is 5.97. The van der Waals surface area contributed by atoms with Crippen molar-refractivity contribution in [2.75, 3.05) is 26.8 Å². The van der Waals surface area contributed by atoms with E-state index in [9.17, 15) is 28.0 Å². The molecule has 1 saturated heterocycles. The van der Waals surface area contributed by atoms with E-state index in [1.54, 1.807) is 37.3 Å². The van der Waals surface area contributed by atoms with Crippen LogP contribution in [-0.4, -0.2) is 49.8 Å². The number of amides is 1. The van der Waals surface area contributed by atoms with Crippen molar-refractivity contribution in [2.24, 2.45) is 5.41 Å². The molecule has 1 heterocycles. The minimum Gasteiger partial charge on any atom is -0.489 e. The summed E-state index contributed by atoms with van der Waals surface area (Å²) in [7, 11) is 0.867. The van der Waals surface area contributed by atoms with Gasteiger partial charge in [0.1, 0.15) is 12.4 Å². The van der Waals surface area contributed by atoms with Crippen LogP contribution in [0.1, 0.15) is 48.8 Å². The highest BCUT2D eigenvalue weighted by atomic mass is 19.4. The van der Waals surface area contributed by atoms with Crippen LogP contribution in [0.25, 0.3) is 0 Å². The van der Waals surface area contributed by atoms with E-state index in [4.69, 9.17) is 14.2 Å². The Labute approximate surface area is 255 Å². The normalized spacial score (nSPS) is 16.7. The van der Waals surface area contributed by atoms with Crippen LogP contribution in [0.2, 0.25) is 0 Å². The topological polar surface area (TPSA) is 88.9 Å². The molecule has 44 heavy (non-hydrogen) atoms. The summed E-state index contributed by atoms with van der Waals surface area (Å²) in [6.45, 7) is 1.80. The minimum atomic E-state index is -5.05. The molecular weight excluding hydrogens is 573 g/mol. The van der Waals surface area contributed by atoms with Gasteiger partial charge >= 0.3 is 12.1 Å². The first kappa shape index (κ1) is 32.6. The zero-order valence-corrected chi connectivity index (χ0v) is 24.7. The number of likely N-dealkylation sites (tertiary alicyclic amines) is 1. The van der Waals surface area contributed by atoms with Gasteiger partial charge in [0.05, 0.1) is 25.0 Å². The Kier molecular flexibility index (Phi) is 10.3. The van der Waals surface area contributed by atoms with Crippen molar-refractivity contribution in [3.63, 3.8) is 0 Å². The lowest BCUT2D eigenvalue weighted by atomic mass is 9.64. The Hall–Kier alpha value is -4.36. The quantitative estimate of drug-likeness (QED) is 0.230. The van der Waals surface area contributed by atoms with Crippen molar-refractivity contribution < 1.29 is 37.0 Å². The molecule has 1 aliphatic rings. The highest BCUT2D eigenvalue weighted by Gasteiger charge is 2.64. The summed E-state index contributed by atoms with van der Waals surface area (Å²) >= 11 is 0. The van der Waals surface area contributed by atoms with Gasteiger partial charge in [0.15, 0.2) is 0 Å². The molecule has 0 saturated carbocycles. The van der Waals surface area contributed by atoms with Gasteiger partial charge in [-0.1, -0.05) is 78.9 Å². The lowest BCUT2D eigenvalue weighted by Gasteiger charge is -2.46. The van der Waals surface area contributed by atoms with Crippen molar-refractivity contribution in [3.05, 3.63) is 102 Å². The van der Waals surface area contributed by atoms with Crippen molar-refractivity contribution in [2.45, 2.75) is 50.5 Å².